The van der Waals surface area contributed by atoms with Crippen LogP contribution in [-0.2, 0) is 6.54 Å². The molecule has 0 radical (unpaired) electrons. The molecule has 0 aliphatic heterocycles. The van der Waals surface area contributed by atoms with Gasteiger partial charge in [0.15, 0.2) is 0 Å². The molecule has 0 unspecified atom stereocenters. The molecule has 0 fully saturated rings. The van der Waals surface area contributed by atoms with Crippen LogP contribution in [0, 0.1) is 6.92 Å². The van der Waals surface area contributed by atoms with Crippen LogP contribution >= 0.6 is 0 Å². The van der Waals surface area contributed by atoms with Gasteiger partial charge in [0.1, 0.15) is 11.5 Å². The summed E-state index contributed by atoms with van der Waals surface area (Å²) in [6, 6.07) is 10.0. The lowest BCUT2D eigenvalue weighted by atomic mass is 10.1. The van der Waals surface area contributed by atoms with Gasteiger partial charge in [-0.3, -0.25) is 4.79 Å². The van der Waals surface area contributed by atoms with Gasteiger partial charge in [0.05, 0.1) is 6.54 Å². The zero-order chi connectivity index (χ0) is 17.0. The normalized spacial score (nSPS) is 10.9. The molecule has 5 nitrogen and oxygen atoms in total. The molecule has 5 heteroatoms. The summed E-state index contributed by atoms with van der Waals surface area (Å²) in [7, 11) is 1.77. The van der Waals surface area contributed by atoms with Crippen molar-refractivity contribution in [1.29, 1.82) is 0 Å². The third-order valence-corrected chi connectivity index (χ3v) is 3.83. The predicted molar refractivity (Wildman–Crippen MR) is 91.6 cm³/mol. The van der Waals surface area contributed by atoms with Crippen LogP contribution in [0.2, 0.25) is 0 Å². The average molecular weight is 315 g/mol. The summed E-state index contributed by atoms with van der Waals surface area (Å²) in [5, 5.41) is 3.92. The zero-order valence-electron chi connectivity index (χ0n) is 14.5. The maximum absolute atomic E-state index is 12.5. The van der Waals surface area contributed by atoms with E-state index in [1.807, 2.05) is 37.3 Å². The Balaban J connectivity index is 2.07. The highest BCUT2D eigenvalue weighted by atomic mass is 16.5. The average Bonchev–Trinajstić information content (AvgIpc) is 2.92. The summed E-state index contributed by atoms with van der Waals surface area (Å²) >= 11 is 0. The van der Waals surface area contributed by atoms with E-state index in [4.69, 9.17) is 4.52 Å². The van der Waals surface area contributed by atoms with E-state index in [9.17, 15) is 4.79 Å². The lowest BCUT2D eigenvalue weighted by Crippen LogP contribution is -2.30. The molecular weight excluding hydrogens is 290 g/mol. The highest BCUT2D eigenvalue weighted by Crippen LogP contribution is 2.18. The second-order valence-electron chi connectivity index (χ2n) is 6.02. The van der Waals surface area contributed by atoms with Crippen molar-refractivity contribution in [3.05, 3.63) is 47.3 Å². The molecule has 2 rings (SSSR count). The third kappa shape index (κ3) is 4.12. The van der Waals surface area contributed by atoms with E-state index in [0.29, 0.717) is 18.2 Å². The maximum atomic E-state index is 12.5. The van der Waals surface area contributed by atoms with E-state index in [1.54, 1.807) is 11.9 Å². The lowest BCUT2D eigenvalue weighted by Gasteiger charge is -2.27. The van der Waals surface area contributed by atoms with Crippen molar-refractivity contribution < 1.29 is 9.32 Å². The topological polar surface area (TPSA) is 49.6 Å². The molecule has 0 bridgehead atoms. The second-order valence-corrected chi connectivity index (χ2v) is 6.02. The zero-order valence-corrected chi connectivity index (χ0v) is 14.5. The summed E-state index contributed by atoms with van der Waals surface area (Å²) in [5.74, 6) is 0.725. The molecular formula is C18H25N3O2. The number of carbonyl (C=O) groups is 1. The van der Waals surface area contributed by atoms with Crippen LogP contribution in [0.4, 0.5) is 5.69 Å². The quantitative estimate of drug-likeness (QED) is 0.819. The molecule has 2 aromatic rings. The number of benzene rings is 1. The minimum Gasteiger partial charge on any atom is -0.369 e. The number of anilines is 1. The highest BCUT2D eigenvalue weighted by Gasteiger charge is 2.15. The molecule has 124 valence electrons. The van der Waals surface area contributed by atoms with Crippen LogP contribution in [0.5, 0.6) is 0 Å². The number of aryl methyl sites for hydroxylation is 1. The number of carbonyl (C=O) groups excluding carboxylic acids is 1. The van der Waals surface area contributed by atoms with Gasteiger partial charge in [-0.2, -0.15) is 0 Å². The Morgan fingerprint density at radius 3 is 2.39 bits per heavy atom. The highest BCUT2D eigenvalue weighted by molar-refractivity contribution is 5.94. The minimum absolute atomic E-state index is 0.0233. The molecule has 0 aliphatic carbocycles. The molecule has 23 heavy (non-hydrogen) atoms. The summed E-state index contributed by atoms with van der Waals surface area (Å²) in [4.78, 5) is 16.4. The first-order valence-electron chi connectivity index (χ1n) is 7.96. The van der Waals surface area contributed by atoms with Crippen LogP contribution in [0.1, 0.15) is 42.6 Å². The van der Waals surface area contributed by atoms with Gasteiger partial charge in [-0.1, -0.05) is 5.16 Å². The van der Waals surface area contributed by atoms with Crippen molar-refractivity contribution >= 4 is 11.6 Å². The van der Waals surface area contributed by atoms with E-state index in [1.165, 1.54) is 0 Å². The number of hydrogen-bond acceptors (Lipinski definition) is 4. The first kappa shape index (κ1) is 17.1. The van der Waals surface area contributed by atoms with Crippen molar-refractivity contribution in [2.45, 2.75) is 40.3 Å². The van der Waals surface area contributed by atoms with Gasteiger partial charge in [0.2, 0.25) is 0 Å². The van der Waals surface area contributed by atoms with Gasteiger partial charge >= 0.3 is 0 Å². The van der Waals surface area contributed by atoms with Crippen LogP contribution in [0.15, 0.2) is 34.9 Å². The summed E-state index contributed by atoms with van der Waals surface area (Å²) in [6.07, 6.45) is 0. The fourth-order valence-corrected chi connectivity index (χ4v) is 2.67. The molecule has 1 heterocycles. The number of rotatable bonds is 6. The summed E-state index contributed by atoms with van der Waals surface area (Å²) < 4.78 is 5.03. The molecule has 0 saturated heterocycles. The molecule has 0 N–H and O–H groups in total. The van der Waals surface area contributed by atoms with Crippen LogP contribution < -0.4 is 4.90 Å². The molecule has 0 aliphatic rings. The van der Waals surface area contributed by atoms with Crippen LogP contribution in [0.3, 0.4) is 0 Å². The number of aromatic nitrogens is 1. The Bertz CT molecular complexity index is 647. The minimum atomic E-state index is -0.0233. The van der Waals surface area contributed by atoms with Gasteiger partial charge < -0.3 is 14.3 Å². The van der Waals surface area contributed by atoms with Crippen molar-refractivity contribution in [1.82, 2.24) is 10.1 Å². The van der Waals surface area contributed by atoms with Gasteiger partial charge in [-0.25, -0.2) is 0 Å². The Hall–Kier alpha value is -2.30. The fourth-order valence-electron chi connectivity index (χ4n) is 2.67. The predicted octanol–water partition coefficient (Wildman–Crippen LogP) is 3.49. The van der Waals surface area contributed by atoms with Crippen molar-refractivity contribution in [2.24, 2.45) is 0 Å². The standard InChI is InChI=1S/C18H25N3O2/c1-6-21(13(2)3)17-9-7-15(8-10-17)18(22)20(5)12-16-11-14(4)23-19-16/h7-11,13H,6,12H2,1-5H3. The Morgan fingerprint density at radius 1 is 1.26 bits per heavy atom. The lowest BCUT2D eigenvalue weighted by molar-refractivity contribution is 0.0782. The van der Waals surface area contributed by atoms with E-state index < -0.39 is 0 Å². The Kier molecular flexibility index (Phi) is 5.42. The molecule has 1 amide bonds. The smallest absolute Gasteiger partial charge is 0.253 e. The first-order chi connectivity index (χ1) is 10.9. The van der Waals surface area contributed by atoms with Crippen LogP contribution in [-0.4, -0.2) is 35.6 Å². The fraction of sp³-hybridized carbons (Fsp3) is 0.444. The van der Waals surface area contributed by atoms with E-state index >= 15 is 0 Å². The maximum Gasteiger partial charge on any atom is 0.253 e. The van der Waals surface area contributed by atoms with Crippen LogP contribution in [0.25, 0.3) is 0 Å². The van der Waals surface area contributed by atoms with E-state index in [-0.39, 0.29) is 5.91 Å². The van der Waals surface area contributed by atoms with Gasteiger partial charge in [-0.15, -0.1) is 0 Å². The molecule has 1 aromatic heterocycles. The van der Waals surface area contributed by atoms with Gasteiger partial charge in [-0.05, 0) is 52.0 Å². The van der Waals surface area contributed by atoms with E-state index in [0.717, 1.165) is 23.7 Å². The number of nitrogens with zero attached hydrogens (tertiary/aromatic N) is 3. The second kappa shape index (κ2) is 7.31. The Morgan fingerprint density at radius 2 is 1.91 bits per heavy atom. The largest absolute Gasteiger partial charge is 0.369 e. The van der Waals surface area contributed by atoms with Crippen molar-refractivity contribution in [3.63, 3.8) is 0 Å². The van der Waals surface area contributed by atoms with Gasteiger partial charge in [0, 0.05) is 37.0 Å². The monoisotopic (exact) mass is 315 g/mol. The first-order valence-corrected chi connectivity index (χ1v) is 7.96. The summed E-state index contributed by atoms with van der Waals surface area (Å²) in [5.41, 5.74) is 2.57. The Labute approximate surface area is 137 Å². The SMILES string of the molecule is CCN(c1ccc(C(=O)N(C)Cc2cc(C)on2)cc1)C(C)C. The third-order valence-electron chi connectivity index (χ3n) is 3.83. The number of hydrogen-bond donors (Lipinski definition) is 0. The number of amides is 1. The van der Waals surface area contributed by atoms with Crippen molar-refractivity contribution in [3.8, 4) is 0 Å². The summed E-state index contributed by atoms with van der Waals surface area (Å²) in [6.45, 7) is 9.67. The molecule has 1 aromatic carbocycles. The van der Waals surface area contributed by atoms with E-state index in [2.05, 4.69) is 30.8 Å². The van der Waals surface area contributed by atoms with Crippen molar-refractivity contribution in [2.75, 3.05) is 18.5 Å². The van der Waals surface area contributed by atoms with Gasteiger partial charge in [0.25, 0.3) is 5.91 Å². The molecule has 0 saturated carbocycles. The molecule has 0 spiro atoms. The molecule has 0 atom stereocenters.